The van der Waals surface area contributed by atoms with Crippen LogP contribution in [0.25, 0.3) is 0 Å². The van der Waals surface area contributed by atoms with Crippen LogP contribution >= 0.6 is 0 Å². The Hall–Kier alpha value is -4.34. The van der Waals surface area contributed by atoms with Crippen molar-refractivity contribution in [1.29, 1.82) is 0 Å². The lowest BCUT2D eigenvalue weighted by Gasteiger charge is -2.44. The molecule has 9 heteroatoms. The summed E-state index contributed by atoms with van der Waals surface area (Å²) in [6, 6.07) is 25.6. The molecule has 0 amide bonds. The van der Waals surface area contributed by atoms with E-state index in [1.807, 2.05) is 27.7 Å². The smallest absolute Gasteiger partial charge is 0.338 e. The highest BCUT2D eigenvalue weighted by molar-refractivity contribution is 5.90. The molecule has 4 rings (SSSR count). The molecule has 1 aliphatic heterocycles. The molecule has 0 aliphatic carbocycles. The molecule has 48 heavy (non-hydrogen) atoms. The number of carbonyl (C=O) groups is 4. The summed E-state index contributed by atoms with van der Waals surface area (Å²) < 4.78 is 30.1. The normalized spacial score (nSPS) is 20.9. The maximum atomic E-state index is 13.3. The van der Waals surface area contributed by atoms with Crippen molar-refractivity contribution in [3.05, 3.63) is 108 Å². The number of carbonyl (C=O) groups excluding carboxylic acids is 4. The molecule has 0 radical (unpaired) electrons. The minimum Gasteiger partial charge on any atom is -0.459 e. The maximum absolute atomic E-state index is 13.3. The monoisotopic (exact) mass is 658 g/mol. The first-order chi connectivity index (χ1) is 23.0. The van der Waals surface area contributed by atoms with Gasteiger partial charge in [-0.15, -0.1) is 0 Å². The topological polar surface area (TPSA) is 114 Å². The van der Waals surface area contributed by atoms with Gasteiger partial charge >= 0.3 is 17.9 Å². The fourth-order valence-corrected chi connectivity index (χ4v) is 5.29. The number of rotatable bonds is 15. The summed E-state index contributed by atoms with van der Waals surface area (Å²) in [6.45, 7) is 9.76. The third kappa shape index (κ3) is 9.61. The molecule has 9 nitrogen and oxygen atoms in total. The van der Waals surface area contributed by atoms with Crippen molar-refractivity contribution in [2.45, 2.75) is 78.5 Å². The summed E-state index contributed by atoms with van der Waals surface area (Å²) >= 11 is 0. The zero-order valence-corrected chi connectivity index (χ0v) is 28.3. The molecule has 1 aliphatic rings. The van der Waals surface area contributed by atoms with E-state index in [1.165, 1.54) is 0 Å². The number of Topliss-reactive ketones (excluding diaryl/α,β-unsaturated/α-hetero) is 1. The van der Waals surface area contributed by atoms with Crippen LogP contribution in [0.2, 0.25) is 0 Å². The SMILES string of the molecule is CC(C)C(C)(C)C(=O)CCCCO[C@H]1OC(COC(=O)c2ccccc2)[C@@H](OC(=O)c2ccccc2)[C@H](C)C1OC(=O)c1ccccc1. The Balaban J connectivity index is 1.53. The van der Waals surface area contributed by atoms with Crippen LogP contribution in [0, 0.1) is 17.3 Å². The van der Waals surface area contributed by atoms with Crippen molar-refractivity contribution in [3.63, 3.8) is 0 Å². The minimum absolute atomic E-state index is 0.193. The Labute approximate surface area is 282 Å². The van der Waals surface area contributed by atoms with E-state index in [-0.39, 0.29) is 24.9 Å². The lowest BCUT2D eigenvalue weighted by Crippen LogP contribution is -2.58. The predicted octanol–water partition coefficient (Wildman–Crippen LogP) is 7.09. The van der Waals surface area contributed by atoms with Crippen LogP contribution in [0.4, 0.5) is 0 Å². The van der Waals surface area contributed by atoms with Crippen LogP contribution < -0.4 is 0 Å². The highest BCUT2D eigenvalue weighted by atomic mass is 16.7. The first-order valence-corrected chi connectivity index (χ1v) is 16.5. The van der Waals surface area contributed by atoms with Crippen molar-refractivity contribution in [2.75, 3.05) is 13.2 Å². The van der Waals surface area contributed by atoms with Gasteiger partial charge in [0, 0.05) is 24.4 Å². The molecular weight excluding hydrogens is 612 g/mol. The van der Waals surface area contributed by atoms with Gasteiger partial charge in [-0.3, -0.25) is 4.79 Å². The fourth-order valence-electron chi connectivity index (χ4n) is 5.29. The van der Waals surface area contributed by atoms with Crippen LogP contribution in [0.5, 0.6) is 0 Å². The molecule has 0 saturated carbocycles. The van der Waals surface area contributed by atoms with E-state index in [0.717, 1.165) is 0 Å². The number of ether oxygens (including phenoxy) is 5. The van der Waals surface area contributed by atoms with Crippen molar-refractivity contribution >= 4 is 23.7 Å². The molecule has 5 atom stereocenters. The Morgan fingerprint density at radius 2 is 1.19 bits per heavy atom. The molecule has 1 saturated heterocycles. The van der Waals surface area contributed by atoms with Gasteiger partial charge in [-0.2, -0.15) is 0 Å². The fraction of sp³-hybridized carbons (Fsp3) is 0.436. The molecule has 0 bridgehead atoms. The van der Waals surface area contributed by atoms with E-state index in [1.54, 1.807) is 97.9 Å². The number of hydrogen-bond acceptors (Lipinski definition) is 9. The van der Waals surface area contributed by atoms with E-state index in [0.29, 0.717) is 36.0 Å². The summed E-state index contributed by atoms with van der Waals surface area (Å²) in [6.07, 6.45) is -2.36. The van der Waals surface area contributed by atoms with Gasteiger partial charge in [-0.1, -0.05) is 89.2 Å². The van der Waals surface area contributed by atoms with Gasteiger partial charge in [0.2, 0.25) is 0 Å². The van der Waals surface area contributed by atoms with Crippen LogP contribution in [-0.2, 0) is 28.5 Å². The molecule has 0 N–H and O–H groups in total. The Bertz CT molecular complexity index is 1490. The van der Waals surface area contributed by atoms with Crippen LogP contribution in [0.3, 0.4) is 0 Å². The molecule has 2 unspecified atom stereocenters. The zero-order chi connectivity index (χ0) is 34.7. The first-order valence-electron chi connectivity index (χ1n) is 16.5. The summed E-state index contributed by atoms with van der Waals surface area (Å²) in [4.78, 5) is 52.2. The third-order valence-corrected chi connectivity index (χ3v) is 9.12. The largest absolute Gasteiger partial charge is 0.459 e. The zero-order valence-electron chi connectivity index (χ0n) is 28.3. The van der Waals surface area contributed by atoms with E-state index in [2.05, 4.69) is 0 Å². The standard InChI is InChI=1S/C39H46O9/c1-26(2)39(4,5)32(40)23-15-16-24-44-38-34(48-37(43)30-21-13-8-14-22-30)27(3)33(47-36(42)29-19-11-7-12-20-29)31(46-38)25-45-35(41)28-17-9-6-10-18-28/h6-14,17-22,26-27,31,33-34,38H,15-16,23-25H2,1-5H3/t27-,31?,33-,34?,38-/m0/s1. The average Bonchev–Trinajstić information content (AvgIpc) is 3.10. The summed E-state index contributed by atoms with van der Waals surface area (Å²) in [5.41, 5.74) is 0.607. The highest BCUT2D eigenvalue weighted by Gasteiger charge is 2.49. The summed E-state index contributed by atoms with van der Waals surface area (Å²) in [7, 11) is 0. The van der Waals surface area contributed by atoms with Crippen LogP contribution in [0.15, 0.2) is 91.0 Å². The minimum atomic E-state index is -1.07. The molecule has 1 heterocycles. The summed E-state index contributed by atoms with van der Waals surface area (Å²) in [5, 5.41) is 0. The number of benzene rings is 3. The van der Waals surface area contributed by atoms with Crippen molar-refractivity contribution in [3.8, 4) is 0 Å². The second-order valence-electron chi connectivity index (χ2n) is 13.0. The van der Waals surface area contributed by atoms with Crippen LogP contribution in [-0.4, -0.2) is 61.5 Å². The van der Waals surface area contributed by atoms with E-state index < -0.39 is 53.8 Å². The van der Waals surface area contributed by atoms with Gasteiger partial charge in [-0.25, -0.2) is 14.4 Å². The lowest BCUT2D eigenvalue weighted by atomic mass is 9.76. The third-order valence-electron chi connectivity index (χ3n) is 9.12. The average molecular weight is 659 g/mol. The number of hydrogen-bond donors (Lipinski definition) is 0. The van der Waals surface area contributed by atoms with E-state index >= 15 is 0 Å². The summed E-state index contributed by atoms with van der Waals surface area (Å²) in [5.74, 6) is -1.97. The van der Waals surface area contributed by atoms with Gasteiger partial charge in [0.1, 0.15) is 24.6 Å². The molecule has 1 fully saturated rings. The Kier molecular flexibility index (Phi) is 13.1. The van der Waals surface area contributed by atoms with Gasteiger partial charge in [0.05, 0.1) is 16.7 Å². The van der Waals surface area contributed by atoms with Gasteiger partial charge in [-0.05, 0) is 55.2 Å². The Morgan fingerprint density at radius 3 is 1.69 bits per heavy atom. The maximum Gasteiger partial charge on any atom is 0.338 e. The number of unbranched alkanes of at least 4 members (excludes halogenated alkanes) is 1. The van der Waals surface area contributed by atoms with E-state index in [4.69, 9.17) is 23.7 Å². The quantitative estimate of drug-likeness (QED) is 0.0959. The van der Waals surface area contributed by atoms with Crippen molar-refractivity contribution in [2.24, 2.45) is 17.3 Å². The first kappa shape index (κ1) is 36.5. The molecule has 256 valence electrons. The second-order valence-corrected chi connectivity index (χ2v) is 13.0. The van der Waals surface area contributed by atoms with Crippen molar-refractivity contribution in [1.82, 2.24) is 0 Å². The molecule has 3 aromatic carbocycles. The van der Waals surface area contributed by atoms with Crippen LogP contribution in [0.1, 0.15) is 85.0 Å². The second kappa shape index (κ2) is 17.2. The van der Waals surface area contributed by atoms with E-state index in [9.17, 15) is 19.2 Å². The van der Waals surface area contributed by atoms with Gasteiger partial charge < -0.3 is 23.7 Å². The lowest BCUT2D eigenvalue weighted by molar-refractivity contribution is -0.286. The predicted molar refractivity (Wildman–Crippen MR) is 179 cm³/mol. The molecule has 0 spiro atoms. The number of ketones is 1. The Morgan fingerprint density at radius 1 is 0.708 bits per heavy atom. The van der Waals surface area contributed by atoms with Gasteiger partial charge in [0.15, 0.2) is 12.4 Å². The number of esters is 3. The highest BCUT2D eigenvalue weighted by Crippen LogP contribution is 2.33. The molecular formula is C39H46O9. The van der Waals surface area contributed by atoms with Crippen molar-refractivity contribution < 1.29 is 42.9 Å². The molecule has 0 aromatic heterocycles. The van der Waals surface area contributed by atoms with Gasteiger partial charge in [0.25, 0.3) is 0 Å². The molecule has 3 aromatic rings.